The molecular formula is C66H56N2. The van der Waals surface area contributed by atoms with Gasteiger partial charge in [-0.05, 0) is 186 Å². The van der Waals surface area contributed by atoms with Crippen molar-refractivity contribution in [3.05, 3.63) is 217 Å². The van der Waals surface area contributed by atoms with Crippen LogP contribution in [-0.4, -0.2) is 0 Å². The van der Waals surface area contributed by atoms with E-state index in [2.05, 4.69) is 216 Å². The smallest absolute Gasteiger partial charge is 0.0468 e. The topological polar surface area (TPSA) is 6.48 Å². The zero-order chi connectivity index (χ0) is 45.0. The van der Waals surface area contributed by atoms with Crippen LogP contribution < -0.4 is 9.80 Å². The van der Waals surface area contributed by atoms with E-state index in [1.807, 2.05) is 0 Å². The zero-order valence-corrected chi connectivity index (χ0v) is 38.8. The van der Waals surface area contributed by atoms with E-state index in [-0.39, 0.29) is 0 Å². The highest BCUT2D eigenvalue weighted by atomic mass is 15.1. The molecular weight excluding hydrogens is 821 g/mol. The molecule has 2 fully saturated rings. The molecule has 0 bridgehead atoms. The standard InChI is InChI=1S/C66H56N2/c1-3-19-49(20-4-1)65-61-37-35-60(68(57-33-29-47-17-9-13-25-53(47)41-57)58-34-30-48-18-10-14-26-54(48)42-58)44-64(61)66(50-21-5-2-6-22-50)62-38-36-59(43-63(62)65)67(55-31-27-45-15-7-11-23-51(45)39-55)56-32-28-46-16-8-12-24-52(46)40-56/h7-18,23-44,49-50H,1-6,19-22H2. The Morgan fingerprint density at radius 2 is 0.500 bits per heavy atom. The second-order valence-electron chi connectivity index (χ2n) is 19.8. The first-order valence-corrected chi connectivity index (χ1v) is 25.3. The fourth-order valence-corrected chi connectivity index (χ4v) is 12.4. The first-order valence-electron chi connectivity index (χ1n) is 25.3. The van der Waals surface area contributed by atoms with Crippen LogP contribution in [0.1, 0.15) is 87.2 Å². The molecule has 330 valence electrons. The Morgan fingerprint density at radius 3 is 0.809 bits per heavy atom. The molecule has 2 saturated carbocycles. The Morgan fingerprint density at radius 1 is 0.235 bits per heavy atom. The van der Waals surface area contributed by atoms with E-state index in [4.69, 9.17) is 0 Å². The van der Waals surface area contributed by atoms with Crippen LogP contribution in [0.25, 0.3) is 64.6 Å². The van der Waals surface area contributed by atoms with Crippen molar-refractivity contribution in [2.24, 2.45) is 0 Å². The first kappa shape index (κ1) is 40.8. The summed E-state index contributed by atoms with van der Waals surface area (Å²) in [4.78, 5) is 5.03. The van der Waals surface area contributed by atoms with Gasteiger partial charge in [-0.2, -0.15) is 0 Å². The van der Waals surface area contributed by atoms with Crippen molar-refractivity contribution in [3.8, 4) is 0 Å². The molecule has 0 radical (unpaired) electrons. The van der Waals surface area contributed by atoms with Gasteiger partial charge >= 0.3 is 0 Å². The Bertz CT molecular complexity index is 3280. The normalized spacial score (nSPS) is 14.9. The summed E-state index contributed by atoms with van der Waals surface area (Å²) in [6, 6.07) is 78.1. The van der Waals surface area contributed by atoms with Gasteiger partial charge in [-0.15, -0.1) is 0 Å². The zero-order valence-electron chi connectivity index (χ0n) is 38.8. The summed E-state index contributed by atoms with van der Waals surface area (Å²) in [5.74, 6) is 1.00. The molecule has 13 rings (SSSR count). The maximum absolute atomic E-state index is 2.60. The van der Waals surface area contributed by atoms with Crippen LogP contribution in [0.4, 0.5) is 34.1 Å². The quantitative estimate of drug-likeness (QED) is 0.140. The third-order valence-corrected chi connectivity index (χ3v) is 15.7. The number of anilines is 6. The van der Waals surface area contributed by atoms with Crippen LogP contribution in [-0.2, 0) is 0 Å². The van der Waals surface area contributed by atoms with Gasteiger partial charge in [0.25, 0.3) is 0 Å². The summed E-state index contributed by atoms with van der Waals surface area (Å²) < 4.78 is 0. The molecule has 0 spiro atoms. The average molecular weight is 877 g/mol. The van der Waals surface area contributed by atoms with E-state index >= 15 is 0 Å². The van der Waals surface area contributed by atoms with E-state index in [9.17, 15) is 0 Å². The summed E-state index contributed by atoms with van der Waals surface area (Å²) >= 11 is 0. The fourth-order valence-electron chi connectivity index (χ4n) is 12.4. The van der Waals surface area contributed by atoms with E-state index in [0.29, 0.717) is 11.8 Å². The molecule has 2 aliphatic carbocycles. The van der Waals surface area contributed by atoms with Gasteiger partial charge in [-0.3, -0.25) is 0 Å². The lowest BCUT2D eigenvalue weighted by atomic mass is 9.74. The van der Waals surface area contributed by atoms with Crippen LogP contribution in [0.15, 0.2) is 206 Å². The molecule has 11 aromatic carbocycles. The van der Waals surface area contributed by atoms with E-state index in [1.54, 1.807) is 11.1 Å². The van der Waals surface area contributed by atoms with Gasteiger partial charge in [0.15, 0.2) is 0 Å². The molecule has 2 aliphatic rings. The third kappa shape index (κ3) is 7.35. The van der Waals surface area contributed by atoms with Gasteiger partial charge in [0, 0.05) is 34.1 Å². The number of fused-ring (bicyclic) bond motifs is 6. The number of hydrogen-bond donors (Lipinski definition) is 0. The van der Waals surface area contributed by atoms with Crippen LogP contribution in [0, 0.1) is 0 Å². The number of nitrogens with zero attached hydrogens (tertiary/aromatic N) is 2. The van der Waals surface area contributed by atoms with Crippen LogP contribution in [0.2, 0.25) is 0 Å². The molecule has 0 heterocycles. The van der Waals surface area contributed by atoms with Crippen LogP contribution in [0.3, 0.4) is 0 Å². The first-order chi connectivity index (χ1) is 33.7. The predicted molar refractivity (Wildman–Crippen MR) is 292 cm³/mol. The lowest BCUT2D eigenvalue weighted by Gasteiger charge is -2.32. The highest BCUT2D eigenvalue weighted by Crippen LogP contribution is 2.51. The second-order valence-corrected chi connectivity index (χ2v) is 19.8. The van der Waals surface area contributed by atoms with Crippen molar-refractivity contribution in [1.82, 2.24) is 0 Å². The van der Waals surface area contributed by atoms with Crippen LogP contribution >= 0.6 is 0 Å². The second kappa shape index (κ2) is 17.3. The Labute approximate surface area is 400 Å². The monoisotopic (exact) mass is 876 g/mol. The Balaban J connectivity index is 1.07. The molecule has 0 unspecified atom stereocenters. The largest absolute Gasteiger partial charge is 0.310 e. The number of rotatable bonds is 8. The Hall–Kier alpha value is -7.42. The molecule has 2 nitrogen and oxygen atoms in total. The van der Waals surface area contributed by atoms with Gasteiger partial charge in [-0.1, -0.05) is 172 Å². The molecule has 0 aliphatic heterocycles. The van der Waals surface area contributed by atoms with E-state index < -0.39 is 0 Å². The van der Waals surface area contributed by atoms with Crippen molar-refractivity contribution in [3.63, 3.8) is 0 Å². The van der Waals surface area contributed by atoms with Crippen molar-refractivity contribution in [2.75, 3.05) is 9.80 Å². The van der Waals surface area contributed by atoms with Crippen molar-refractivity contribution < 1.29 is 0 Å². The minimum Gasteiger partial charge on any atom is -0.310 e. The fraction of sp³-hybridized carbons (Fsp3) is 0.182. The minimum atomic E-state index is 0.502. The highest BCUT2D eigenvalue weighted by Gasteiger charge is 2.29. The molecule has 0 saturated heterocycles. The van der Waals surface area contributed by atoms with Gasteiger partial charge < -0.3 is 9.80 Å². The van der Waals surface area contributed by atoms with Gasteiger partial charge in [0.2, 0.25) is 0 Å². The van der Waals surface area contributed by atoms with Crippen molar-refractivity contribution >= 4 is 98.8 Å². The van der Waals surface area contributed by atoms with Crippen molar-refractivity contribution in [1.29, 1.82) is 0 Å². The van der Waals surface area contributed by atoms with E-state index in [0.717, 1.165) is 0 Å². The maximum atomic E-state index is 2.60. The number of hydrogen-bond acceptors (Lipinski definition) is 2. The van der Waals surface area contributed by atoms with Gasteiger partial charge in [0.05, 0.1) is 0 Å². The molecule has 0 amide bonds. The number of benzene rings is 11. The summed E-state index contributed by atoms with van der Waals surface area (Å²) in [5.41, 5.74) is 10.3. The molecule has 68 heavy (non-hydrogen) atoms. The molecule has 11 aromatic rings. The third-order valence-electron chi connectivity index (χ3n) is 15.7. The summed E-state index contributed by atoms with van der Waals surface area (Å²) in [5, 5.41) is 15.8. The average Bonchev–Trinajstić information content (AvgIpc) is 3.40. The maximum Gasteiger partial charge on any atom is 0.0468 e. The highest BCUT2D eigenvalue weighted by molar-refractivity contribution is 6.10. The molecule has 0 N–H and O–H groups in total. The predicted octanol–water partition coefficient (Wildman–Crippen LogP) is 19.6. The lowest BCUT2D eigenvalue weighted by Crippen LogP contribution is -2.13. The lowest BCUT2D eigenvalue weighted by molar-refractivity contribution is 0.445. The van der Waals surface area contributed by atoms with Crippen molar-refractivity contribution in [2.45, 2.75) is 76.0 Å². The van der Waals surface area contributed by atoms with Gasteiger partial charge in [0.1, 0.15) is 0 Å². The minimum absolute atomic E-state index is 0.502. The van der Waals surface area contributed by atoms with Gasteiger partial charge in [-0.25, -0.2) is 0 Å². The summed E-state index contributed by atoms with van der Waals surface area (Å²) in [6.07, 6.45) is 12.7. The summed E-state index contributed by atoms with van der Waals surface area (Å²) in [6.45, 7) is 0. The summed E-state index contributed by atoms with van der Waals surface area (Å²) in [7, 11) is 0. The SMILES string of the molecule is c1ccc2cc(N(c3ccc4ccccc4c3)c3ccc4c(C5CCCCC5)c5cc(N(c6ccc7ccccc7c6)c6ccc7ccccc7c6)ccc5c(C5CCCCC5)c4c3)ccc2c1. The molecule has 0 aromatic heterocycles. The van der Waals surface area contributed by atoms with Crippen LogP contribution in [0.5, 0.6) is 0 Å². The molecule has 0 atom stereocenters. The van der Waals surface area contributed by atoms with E-state index in [1.165, 1.54) is 163 Å². The Kier molecular flexibility index (Phi) is 10.4. The molecule has 2 heteroatoms.